The van der Waals surface area contributed by atoms with Gasteiger partial charge in [0.05, 0.1) is 18.5 Å². The van der Waals surface area contributed by atoms with Crippen LogP contribution in [-0.4, -0.2) is 43.0 Å². The lowest BCUT2D eigenvalue weighted by Gasteiger charge is -2.22. The summed E-state index contributed by atoms with van der Waals surface area (Å²) in [6, 6.07) is 18.4. The maximum Gasteiger partial charge on any atom is 0.254 e. The van der Waals surface area contributed by atoms with Gasteiger partial charge in [0.25, 0.3) is 11.8 Å². The van der Waals surface area contributed by atoms with Gasteiger partial charge in [0.2, 0.25) is 0 Å². The molecule has 0 radical (unpaired) electrons. The maximum absolute atomic E-state index is 13.5. The van der Waals surface area contributed by atoms with Crippen LogP contribution in [0, 0.1) is 0 Å². The van der Waals surface area contributed by atoms with E-state index < -0.39 is 0 Å². The first kappa shape index (κ1) is 20.6. The molecule has 2 heterocycles. The fourth-order valence-corrected chi connectivity index (χ4v) is 3.51. The van der Waals surface area contributed by atoms with Gasteiger partial charge in [-0.25, -0.2) is 4.68 Å². The zero-order valence-corrected chi connectivity index (χ0v) is 17.8. The van der Waals surface area contributed by atoms with Gasteiger partial charge in [-0.2, -0.15) is 0 Å². The van der Waals surface area contributed by atoms with Crippen LogP contribution in [0.1, 0.15) is 44.9 Å². The summed E-state index contributed by atoms with van der Waals surface area (Å²) in [7, 11) is 0. The number of aromatic nitrogens is 4. The highest BCUT2D eigenvalue weighted by Crippen LogP contribution is 2.20. The van der Waals surface area contributed by atoms with Gasteiger partial charge in [0.1, 0.15) is 12.1 Å². The van der Waals surface area contributed by atoms with E-state index in [0.29, 0.717) is 41.7 Å². The van der Waals surface area contributed by atoms with Crippen LogP contribution in [0.25, 0.3) is 5.69 Å². The van der Waals surface area contributed by atoms with Gasteiger partial charge < -0.3 is 14.6 Å². The van der Waals surface area contributed by atoms with Gasteiger partial charge in [-0.15, -0.1) is 5.10 Å². The molecule has 0 saturated heterocycles. The van der Waals surface area contributed by atoms with E-state index in [4.69, 9.17) is 4.42 Å². The van der Waals surface area contributed by atoms with Crippen molar-refractivity contribution in [2.45, 2.75) is 32.0 Å². The predicted molar refractivity (Wildman–Crippen MR) is 118 cm³/mol. The third-order valence-electron chi connectivity index (χ3n) is 5.42. The number of tetrazole rings is 1. The summed E-state index contributed by atoms with van der Waals surface area (Å²) in [5.41, 5.74) is 2.73. The lowest BCUT2D eigenvalue weighted by Crippen LogP contribution is -2.30. The normalized spacial score (nSPS) is 13.0. The Balaban J connectivity index is 1.36. The summed E-state index contributed by atoms with van der Waals surface area (Å²) in [5.74, 6) is 0.462. The number of benzene rings is 2. The number of nitrogens with one attached hydrogen (secondary N) is 1. The molecule has 0 unspecified atom stereocenters. The minimum absolute atomic E-state index is 0.0630. The van der Waals surface area contributed by atoms with Crippen LogP contribution in [0.15, 0.2) is 77.7 Å². The van der Waals surface area contributed by atoms with Crippen LogP contribution in [-0.2, 0) is 13.1 Å². The van der Waals surface area contributed by atoms with Crippen molar-refractivity contribution >= 4 is 11.8 Å². The van der Waals surface area contributed by atoms with E-state index >= 15 is 0 Å². The Kier molecular flexibility index (Phi) is 5.67. The van der Waals surface area contributed by atoms with Crippen molar-refractivity contribution in [3.63, 3.8) is 0 Å². The van der Waals surface area contributed by atoms with Crippen LogP contribution in [0.3, 0.4) is 0 Å². The molecule has 0 atom stereocenters. The SMILES string of the molecule is O=C(NC1CC1)c1ccc(CN(Cc2ccco2)C(=O)c2cccc(-n3cnnn3)c2)cc1. The number of nitrogens with zero attached hydrogens (tertiary/aromatic N) is 5. The second kappa shape index (κ2) is 9.07. The highest BCUT2D eigenvalue weighted by molar-refractivity contribution is 5.95. The third kappa shape index (κ3) is 4.98. The number of furan rings is 1. The standard InChI is InChI=1S/C24H22N6O3/c31-23(26-20-10-11-20)18-8-6-17(7-9-18)14-29(15-22-5-2-12-33-22)24(32)19-3-1-4-21(13-19)30-16-25-27-28-30/h1-9,12-13,16,20H,10-11,14-15H2,(H,26,31). The van der Waals surface area contributed by atoms with E-state index in [1.807, 2.05) is 24.3 Å². The zero-order chi connectivity index (χ0) is 22.6. The Morgan fingerprint density at radius 1 is 1.03 bits per heavy atom. The van der Waals surface area contributed by atoms with E-state index in [2.05, 4.69) is 20.8 Å². The Morgan fingerprint density at radius 3 is 2.58 bits per heavy atom. The monoisotopic (exact) mass is 442 g/mol. The van der Waals surface area contributed by atoms with Crippen LogP contribution < -0.4 is 5.32 Å². The number of carbonyl (C=O) groups is 2. The van der Waals surface area contributed by atoms with E-state index in [1.165, 1.54) is 11.0 Å². The quantitative estimate of drug-likeness (QED) is 0.450. The second-order valence-electron chi connectivity index (χ2n) is 7.99. The van der Waals surface area contributed by atoms with Crippen LogP contribution in [0.4, 0.5) is 0 Å². The third-order valence-corrected chi connectivity index (χ3v) is 5.42. The molecule has 2 amide bonds. The first-order valence-corrected chi connectivity index (χ1v) is 10.7. The number of hydrogen-bond acceptors (Lipinski definition) is 6. The largest absolute Gasteiger partial charge is 0.467 e. The molecule has 33 heavy (non-hydrogen) atoms. The van der Waals surface area contributed by atoms with Gasteiger partial charge in [-0.1, -0.05) is 18.2 Å². The summed E-state index contributed by atoms with van der Waals surface area (Å²) in [5, 5.41) is 14.2. The summed E-state index contributed by atoms with van der Waals surface area (Å²) in [6.07, 6.45) is 5.15. The zero-order valence-electron chi connectivity index (χ0n) is 17.8. The Hall–Kier alpha value is -4.27. The number of hydrogen-bond donors (Lipinski definition) is 1. The van der Waals surface area contributed by atoms with Gasteiger partial charge in [-0.3, -0.25) is 9.59 Å². The molecule has 1 fully saturated rings. The molecule has 1 aliphatic carbocycles. The number of rotatable bonds is 8. The van der Waals surface area contributed by atoms with E-state index in [0.717, 1.165) is 18.4 Å². The van der Waals surface area contributed by atoms with Crippen molar-refractivity contribution in [2.24, 2.45) is 0 Å². The molecule has 0 spiro atoms. The maximum atomic E-state index is 13.5. The van der Waals surface area contributed by atoms with Crippen molar-refractivity contribution in [1.29, 1.82) is 0 Å². The minimum Gasteiger partial charge on any atom is -0.467 e. The van der Waals surface area contributed by atoms with Gasteiger partial charge in [-0.05, 0) is 71.3 Å². The summed E-state index contributed by atoms with van der Waals surface area (Å²) in [6.45, 7) is 0.671. The molecular weight excluding hydrogens is 420 g/mol. The molecule has 2 aromatic carbocycles. The lowest BCUT2D eigenvalue weighted by atomic mass is 10.1. The molecule has 2 aromatic heterocycles. The van der Waals surface area contributed by atoms with Gasteiger partial charge in [0.15, 0.2) is 0 Å². The topological polar surface area (TPSA) is 106 Å². The number of amides is 2. The first-order valence-electron chi connectivity index (χ1n) is 10.7. The van der Waals surface area contributed by atoms with Gasteiger partial charge >= 0.3 is 0 Å². The molecule has 4 aromatic rings. The molecule has 9 heteroatoms. The average Bonchev–Trinajstić information content (AvgIpc) is 3.28. The lowest BCUT2D eigenvalue weighted by molar-refractivity contribution is 0.0717. The molecule has 1 aliphatic rings. The van der Waals surface area contributed by atoms with Crippen molar-refractivity contribution in [3.8, 4) is 5.69 Å². The van der Waals surface area contributed by atoms with Crippen molar-refractivity contribution in [2.75, 3.05) is 0 Å². The molecular formula is C24H22N6O3. The fraction of sp³-hybridized carbons (Fsp3) is 0.208. The summed E-state index contributed by atoms with van der Waals surface area (Å²) in [4.78, 5) is 27.4. The first-order chi connectivity index (χ1) is 16.2. The molecule has 5 rings (SSSR count). The molecule has 0 aliphatic heterocycles. The van der Waals surface area contributed by atoms with Crippen molar-refractivity contribution in [1.82, 2.24) is 30.4 Å². The Labute approximate surface area is 190 Å². The molecule has 0 bridgehead atoms. The number of carbonyl (C=O) groups excluding carboxylic acids is 2. The molecule has 9 nitrogen and oxygen atoms in total. The highest BCUT2D eigenvalue weighted by atomic mass is 16.3. The molecule has 166 valence electrons. The second-order valence-corrected chi connectivity index (χ2v) is 7.99. The van der Waals surface area contributed by atoms with Crippen LogP contribution in [0.5, 0.6) is 0 Å². The Bertz CT molecular complexity index is 1230. The smallest absolute Gasteiger partial charge is 0.254 e. The average molecular weight is 442 g/mol. The minimum atomic E-state index is -0.156. The fourth-order valence-electron chi connectivity index (χ4n) is 3.51. The molecule has 1 N–H and O–H groups in total. The van der Waals surface area contributed by atoms with E-state index in [9.17, 15) is 9.59 Å². The van der Waals surface area contributed by atoms with E-state index in [-0.39, 0.29) is 11.8 Å². The summed E-state index contributed by atoms with van der Waals surface area (Å²) >= 11 is 0. The molecule has 1 saturated carbocycles. The van der Waals surface area contributed by atoms with Crippen molar-refractivity contribution in [3.05, 3.63) is 95.7 Å². The van der Waals surface area contributed by atoms with Crippen LogP contribution >= 0.6 is 0 Å². The van der Waals surface area contributed by atoms with E-state index in [1.54, 1.807) is 47.6 Å². The van der Waals surface area contributed by atoms with Gasteiger partial charge in [0, 0.05) is 23.7 Å². The van der Waals surface area contributed by atoms with Crippen molar-refractivity contribution < 1.29 is 14.0 Å². The summed E-state index contributed by atoms with van der Waals surface area (Å²) < 4.78 is 6.99. The Morgan fingerprint density at radius 2 is 1.88 bits per heavy atom. The predicted octanol–water partition coefficient (Wildman–Crippen LogP) is 2.99. The highest BCUT2D eigenvalue weighted by Gasteiger charge is 2.24. The van der Waals surface area contributed by atoms with Crippen LogP contribution in [0.2, 0.25) is 0 Å².